The predicted octanol–water partition coefficient (Wildman–Crippen LogP) is 3.31. The predicted molar refractivity (Wildman–Crippen MR) is 88.4 cm³/mol. The summed E-state index contributed by atoms with van der Waals surface area (Å²) < 4.78 is 0. The van der Waals surface area contributed by atoms with Gasteiger partial charge in [0, 0.05) is 11.3 Å². The van der Waals surface area contributed by atoms with Gasteiger partial charge in [0.05, 0.1) is 17.3 Å². The zero-order valence-corrected chi connectivity index (χ0v) is 13.5. The Morgan fingerprint density at radius 1 is 1.26 bits per heavy atom. The molecular weight excluding hydrogens is 290 g/mol. The quantitative estimate of drug-likeness (QED) is 0.942. The van der Waals surface area contributed by atoms with Gasteiger partial charge in [0.15, 0.2) is 0 Å². The van der Waals surface area contributed by atoms with Crippen molar-refractivity contribution in [3.63, 3.8) is 0 Å². The maximum atomic E-state index is 11.2. The maximum absolute atomic E-state index is 11.2. The molecule has 1 fully saturated rings. The number of likely N-dealkylation sites (tertiary alicyclic amines) is 1. The normalized spacial score (nSPS) is 18.8. The summed E-state index contributed by atoms with van der Waals surface area (Å²) in [5, 5.41) is 9.16. The monoisotopic (exact) mass is 311 g/mol. The largest absolute Gasteiger partial charge is 0.478 e. The van der Waals surface area contributed by atoms with E-state index in [9.17, 15) is 4.79 Å². The van der Waals surface area contributed by atoms with E-state index in [0.29, 0.717) is 0 Å². The molecule has 0 radical (unpaired) electrons. The summed E-state index contributed by atoms with van der Waals surface area (Å²) in [7, 11) is 2.11. The van der Waals surface area contributed by atoms with Gasteiger partial charge in [-0.1, -0.05) is 18.6 Å². The summed E-state index contributed by atoms with van der Waals surface area (Å²) in [6.07, 6.45) is 3.47. The number of carboxylic acid groups (broad SMARTS) is 1. The number of aryl methyl sites for hydroxylation is 1. The summed E-state index contributed by atoms with van der Waals surface area (Å²) in [5.74, 6) is -0.0900. The number of hydrogen-bond donors (Lipinski definition) is 1. The molecule has 5 heteroatoms. The van der Waals surface area contributed by atoms with E-state index in [4.69, 9.17) is 10.1 Å². The summed E-state index contributed by atoms with van der Waals surface area (Å²) in [5.41, 5.74) is 2.78. The van der Waals surface area contributed by atoms with Gasteiger partial charge < -0.3 is 5.11 Å². The van der Waals surface area contributed by atoms with Crippen LogP contribution in [0, 0.1) is 6.92 Å². The zero-order chi connectivity index (χ0) is 16.4. The molecule has 0 amide bonds. The van der Waals surface area contributed by atoms with Gasteiger partial charge in [0.25, 0.3) is 0 Å². The van der Waals surface area contributed by atoms with Gasteiger partial charge in [-0.2, -0.15) is 0 Å². The molecule has 2 aromatic rings. The lowest BCUT2D eigenvalue weighted by Crippen LogP contribution is -2.31. The number of nitrogens with zero attached hydrogens (tertiary/aromatic N) is 3. The summed E-state index contributed by atoms with van der Waals surface area (Å²) in [6.45, 7) is 3.02. The molecule has 2 heterocycles. The number of carboxylic acids is 1. The van der Waals surface area contributed by atoms with Crippen LogP contribution in [0.4, 0.5) is 0 Å². The van der Waals surface area contributed by atoms with Crippen LogP contribution in [-0.2, 0) is 0 Å². The van der Waals surface area contributed by atoms with Gasteiger partial charge in [-0.3, -0.25) is 4.90 Å². The maximum Gasteiger partial charge on any atom is 0.335 e. The molecule has 1 aromatic heterocycles. The van der Waals surface area contributed by atoms with Gasteiger partial charge in [-0.05, 0) is 51.6 Å². The highest BCUT2D eigenvalue weighted by molar-refractivity contribution is 5.89. The molecule has 1 atom stereocenters. The van der Waals surface area contributed by atoms with Crippen molar-refractivity contribution in [2.45, 2.75) is 32.2 Å². The first-order valence-electron chi connectivity index (χ1n) is 7.94. The van der Waals surface area contributed by atoms with Crippen molar-refractivity contribution in [2.24, 2.45) is 0 Å². The van der Waals surface area contributed by atoms with E-state index in [1.807, 2.05) is 19.1 Å². The molecule has 0 spiro atoms. The molecule has 0 saturated carbocycles. The van der Waals surface area contributed by atoms with Crippen molar-refractivity contribution < 1.29 is 9.90 Å². The lowest BCUT2D eigenvalue weighted by molar-refractivity contribution is 0.0697. The number of aromatic nitrogens is 2. The average molecular weight is 311 g/mol. The van der Waals surface area contributed by atoms with Crippen LogP contribution in [0.25, 0.3) is 11.3 Å². The van der Waals surface area contributed by atoms with Gasteiger partial charge in [0.1, 0.15) is 5.82 Å². The lowest BCUT2D eigenvalue weighted by atomic mass is 10.0. The zero-order valence-electron chi connectivity index (χ0n) is 13.5. The van der Waals surface area contributed by atoms with Crippen LogP contribution in [0.15, 0.2) is 30.3 Å². The van der Waals surface area contributed by atoms with Gasteiger partial charge >= 0.3 is 5.97 Å². The Morgan fingerprint density at radius 3 is 2.83 bits per heavy atom. The second-order valence-electron chi connectivity index (χ2n) is 6.13. The fourth-order valence-corrected chi connectivity index (χ4v) is 3.10. The van der Waals surface area contributed by atoms with E-state index in [-0.39, 0.29) is 11.6 Å². The molecule has 120 valence electrons. The Morgan fingerprint density at radius 2 is 2.09 bits per heavy atom. The summed E-state index contributed by atoms with van der Waals surface area (Å²) in [6, 6.07) is 9.05. The molecule has 1 N–H and O–H groups in total. The van der Waals surface area contributed by atoms with E-state index >= 15 is 0 Å². The summed E-state index contributed by atoms with van der Waals surface area (Å²) in [4.78, 5) is 22.8. The third kappa shape index (κ3) is 3.40. The number of rotatable bonds is 3. The molecule has 3 rings (SSSR count). The first-order valence-corrected chi connectivity index (χ1v) is 7.94. The molecule has 1 aliphatic rings. The Bertz CT molecular complexity index is 730. The number of hydrogen-bond acceptors (Lipinski definition) is 4. The Hall–Kier alpha value is -2.27. The van der Waals surface area contributed by atoms with E-state index in [1.54, 1.807) is 18.2 Å². The molecule has 1 saturated heterocycles. The SMILES string of the molecule is Cc1cc(-c2cccc(C(=O)O)c2)nc([C@H]2CCCCN2C)n1. The Kier molecular flexibility index (Phi) is 4.39. The lowest BCUT2D eigenvalue weighted by Gasteiger charge is -2.31. The molecule has 1 aromatic carbocycles. The van der Waals surface area contributed by atoms with Gasteiger partial charge in [0.2, 0.25) is 0 Å². The van der Waals surface area contributed by atoms with Crippen LogP contribution in [0.1, 0.15) is 47.2 Å². The minimum atomic E-state index is -0.926. The standard InChI is InChI=1S/C18H21N3O2/c1-12-10-15(13-6-5-7-14(11-13)18(22)23)20-17(19-12)16-8-3-4-9-21(16)2/h5-7,10-11,16H,3-4,8-9H2,1-2H3,(H,22,23)/t16-/m1/s1. The van der Waals surface area contributed by atoms with Crippen molar-refractivity contribution in [3.8, 4) is 11.3 Å². The fourth-order valence-electron chi connectivity index (χ4n) is 3.10. The van der Waals surface area contributed by atoms with Crippen molar-refractivity contribution in [1.29, 1.82) is 0 Å². The second kappa shape index (κ2) is 6.46. The molecule has 0 aliphatic carbocycles. The number of carbonyl (C=O) groups is 1. The average Bonchev–Trinajstić information content (AvgIpc) is 2.55. The number of piperidine rings is 1. The van der Waals surface area contributed by atoms with Gasteiger partial charge in [-0.15, -0.1) is 0 Å². The first kappa shape index (κ1) is 15.6. The molecule has 0 unspecified atom stereocenters. The van der Waals surface area contributed by atoms with Crippen LogP contribution in [-0.4, -0.2) is 39.5 Å². The van der Waals surface area contributed by atoms with Crippen molar-refractivity contribution >= 4 is 5.97 Å². The van der Waals surface area contributed by atoms with E-state index in [1.165, 1.54) is 12.8 Å². The van der Waals surface area contributed by atoms with Crippen LogP contribution >= 0.6 is 0 Å². The van der Waals surface area contributed by atoms with E-state index in [0.717, 1.165) is 35.7 Å². The minimum absolute atomic E-state index is 0.241. The molecule has 23 heavy (non-hydrogen) atoms. The Labute approximate surface area is 136 Å². The smallest absolute Gasteiger partial charge is 0.335 e. The van der Waals surface area contributed by atoms with Crippen molar-refractivity contribution in [1.82, 2.24) is 14.9 Å². The fraction of sp³-hybridized carbons (Fsp3) is 0.389. The molecule has 1 aliphatic heterocycles. The highest BCUT2D eigenvalue weighted by Gasteiger charge is 2.23. The van der Waals surface area contributed by atoms with Crippen LogP contribution in [0.5, 0.6) is 0 Å². The third-order valence-electron chi connectivity index (χ3n) is 4.35. The molecular formula is C18H21N3O2. The van der Waals surface area contributed by atoms with E-state index in [2.05, 4.69) is 16.9 Å². The topological polar surface area (TPSA) is 66.3 Å². The number of aromatic carboxylic acids is 1. The van der Waals surface area contributed by atoms with Crippen LogP contribution in [0.3, 0.4) is 0 Å². The Balaban J connectivity index is 2.00. The van der Waals surface area contributed by atoms with Crippen LogP contribution in [0.2, 0.25) is 0 Å². The van der Waals surface area contributed by atoms with E-state index < -0.39 is 5.97 Å². The molecule has 0 bridgehead atoms. The van der Waals surface area contributed by atoms with Gasteiger partial charge in [-0.25, -0.2) is 14.8 Å². The highest BCUT2D eigenvalue weighted by atomic mass is 16.4. The third-order valence-corrected chi connectivity index (χ3v) is 4.35. The highest BCUT2D eigenvalue weighted by Crippen LogP contribution is 2.29. The molecule has 5 nitrogen and oxygen atoms in total. The second-order valence-corrected chi connectivity index (χ2v) is 6.13. The van der Waals surface area contributed by atoms with Crippen molar-refractivity contribution in [2.75, 3.05) is 13.6 Å². The summed E-state index contributed by atoms with van der Waals surface area (Å²) >= 11 is 0. The first-order chi connectivity index (χ1) is 11.0. The number of benzene rings is 1. The van der Waals surface area contributed by atoms with Crippen molar-refractivity contribution in [3.05, 3.63) is 47.4 Å². The van der Waals surface area contributed by atoms with Crippen LogP contribution < -0.4 is 0 Å². The minimum Gasteiger partial charge on any atom is -0.478 e.